The summed E-state index contributed by atoms with van der Waals surface area (Å²) in [5.41, 5.74) is 8.89. The van der Waals surface area contributed by atoms with Crippen LogP contribution in [0.2, 0.25) is 5.02 Å². The number of hydrogen-bond acceptors (Lipinski definition) is 9. The van der Waals surface area contributed by atoms with Crippen molar-refractivity contribution in [3.05, 3.63) is 66.6 Å². The van der Waals surface area contributed by atoms with Crippen molar-refractivity contribution in [2.24, 2.45) is 5.73 Å². The maximum absolute atomic E-state index is 12.1. The molecule has 0 aliphatic heterocycles. The Morgan fingerprint density at radius 3 is 2.58 bits per heavy atom. The molecule has 12 nitrogen and oxygen atoms in total. The van der Waals surface area contributed by atoms with Crippen LogP contribution in [0.3, 0.4) is 0 Å². The van der Waals surface area contributed by atoms with Crippen molar-refractivity contribution in [2.45, 2.75) is 24.6 Å². The molecule has 0 saturated heterocycles. The number of carbonyl (C=O) groups is 2. The molecule has 4 aromatic rings. The van der Waals surface area contributed by atoms with Crippen LogP contribution >= 0.6 is 11.6 Å². The predicted octanol–water partition coefficient (Wildman–Crippen LogP) is 4.82. The number of aromatic nitrogens is 4. The number of hydrogen-bond donors (Lipinski definition) is 4. The van der Waals surface area contributed by atoms with Crippen molar-refractivity contribution in [1.82, 2.24) is 19.6 Å². The van der Waals surface area contributed by atoms with E-state index in [4.69, 9.17) is 36.7 Å². The van der Waals surface area contributed by atoms with Gasteiger partial charge in [-0.05, 0) is 37.1 Å². The van der Waals surface area contributed by atoms with Crippen LogP contribution in [0.5, 0.6) is 11.5 Å². The van der Waals surface area contributed by atoms with Gasteiger partial charge in [-0.3, -0.25) is 4.79 Å². The van der Waals surface area contributed by atoms with Gasteiger partial charge in [0.05, 0.1) is 52.7 Å². The Hall–Kier alpha value is -4.89. The Morgan fingerprint density at radius 2 is 1.95 bits per heavy atom. The van der Waals surface area contributed by atoms with E-state index in [9.17, 15) is 18.0 Å². The number of rotatable bonds is 9. The first-order valence-corrected chi connectivity index (χ1v) is 12.8. The van der Waals surface area contributed by atoms with Crippen LogP contribution < -0.4 is 25.8 Å². The van der Waals surface area contributed by atoms with Crippen LogP contribution in [-0.4, -0.2) is 62.0 Å². The van der Waals surface area contributed by atoms with E-state index in [0.717, 1.165) is 23.9 Å². The summed E-state index contributed by atoms with van der Waals surface area (Å²) in [6, 6.07) is 9.08. The van der Waals surface area contributed by atoms with Gasteiger partial charge in [0.2, 0.25) is 11.9 Å². The number of ether oxygens (including phenoxy) is 2. The zero-order chi connectivity index (χ0) is 31.4. The summed E-state index contributed by atoms with van der Waals surface area (Å²) in [7, 11) is 1.53. The molecule has 1 aliphatic rings. The quantitative estimate of drug-likeness (QED) is 0.191. The van der Waals surface area contributed by atoms with E-state index in [1.807, 2.05) is 24.4 Å². The number of carbonyl (C=O) groups excluding carboxylic acids is 1. The van der Waals surface area contributed by atoms with Crippen molar-refractivity contribution in [3.63, 3.8) is 0 Å². The van der Waals surface area contributed by atoms with Gasteiger partial charge in [0.25, 0.3) is 0 Å². The molecule has 0 unspecified atom stereocenters. The average molecular weight is 620 g/mol. The fraction of sp³-hybridized carbons (Fsp3) is 0.222. The lowest BCUT2D eigenvalue weighted by molar-refractivity contribution is -0.192. The summed E-state index contributed by atoms with van der Waals surface area (Å²) < 4.78 is 45.0. The Kier molecular flexibility index (Phi) is 9.06. The molecule has 1 saturated carbocycles. The number of anilines is 3. The number of nitrogens with one attached hydrogen (secondary N) is 2. The molecule has 3 heterocycles. The van der Waals surface area contributed by atoms with Crippen molar-refractivity contribution in [2.75, 3.05) is 24.4 Å². The summed E-state index contributed by atoms with van der Waals surface area (Å²) >= 11 is 6.45. The van der Waals surface area contributed by atoms with Crippen LogP contribution in [0.1, 0.15) is 12.8 Å². The molecule has 0 spiro atoms. The average Bonchev–Trinajstić information content (AvgIpc) is 3.56. The monoisotopic (exact) mass is 619 g/mol. The number of methoxy groups -OCH3 is 1. The van der Waals surface area contributed by atoms with Gasteiger partial charge in [0.15, 0.2) is 0 Å². The summed E-state index contributed by atoms with van der Waals surface area (Å²) in [5, 5.41) is 17.8. The molecule has 1 fully saturated rings. The van der Waals surface area contributed by atoms with E-state index in [1.165, 1.54) is 19.4 Å². The molecule has 0 radical (unpaired) electrons. The lowest BCUT2D eigenvalue weighted by atomic mass is 10.2. The number of carboxylic acids is 1. The van der Waals surface area contributed by atoms with Gasteiger partial charge in [-0.25, -0.2) is 19.3 Å². The molecule has 1 amide bonds. The summed E-state index contributed by atoms with van der Waals surface area (Å²) in [4.78, 5) is 29.9. The van der Waals surface area contributed by atoms with Gasteiger partial charge in [-0.15, -0.1) is 0 Å². The fourth-order valence-electron chi connectivity index (χ4n) is 3.61. The minimum Gasteiger partial charge on any atom is -0.494 e. The van der Waals surface area contributed by atoms with E-state index < -0.39 is 12.1 Å². The SMILES string of the molecule is C=CC(=O)Nc1cc(Nc2ncc(Cl)c(-c3cnn4ccccc34)n2)c(OC)cc1OCC1(N)CC1.O=C(O)C(F)(F)F. The molecule has 16 heteroatoms. The molecular formula is C27H25ClF3N7O5. The van der Waals surface area contributed by atoms with Crippen LogP contribution in [0.25, 0.3) is 16.8 Å². The second-order valence-corrected chi connectivity index (χ2v) is 9.71. The minimum absolute atomic E-state index is 0.275. The number of carboxylic acid groups (broad SMARTS) is 1. The molecule has 1 aromatic carbocycles. The summed E-state index contributed by atoms with van der Waals surface area (Å²) in [5.74, 6) is -1.99. The topological polar surface area (TPSA) is 166 Å². The van der Waals surface area contributed by atoms with Crippen LogP contribution in [-0.2, 0) is 9.59 Å². The first-order chi connectivity index (χ1) is 20.3. The van der Waals surface area contributed by atoms with Crippen molar-refractivity contribution in [3.8, 4) is 22.8 Å². The van der Waals surface area contributed by atoms with Gasteiger partial charge in [0.1, 0.15) is 18.1 Å². The zero-order valence-corrected chi connectivity index (χ0v) is 23.2. The van der Waals surface area contributed by atoms with E-state index in [0.29, 0.717) is 40.2 Å². The van der Waals surface area contributed by atoms with Gasteiger partial charge in [-0.1, -0.05) is 24.2 Å². The molecule has 43 heavy (non-hydrogen) atoms. The van der Waals surface area contributed by atoms with Gasteiger partial charge in [-0.2, -0.15) is 18.3 Å². The molecule has 0 atom stereocenters. The van der Waals surface area contributed by atoms with E-state index >= 15 is 0 Å². The fourth-order valence-corrected chi connectivity index (χ4v) is 3.80. The first kappa shape index (κ1) is 31.1. The number of amides is 1. The van der Waals surface area contributed by atoms with Gasteiger partial charge in [0, 0.05) is 17.8 Å². The lowest BCUT2D eigenvalue weighted by Gasteiger charge is -2.18. The van der Waals surface area contributed by atoms with Crippen molar-refractivity contribution < 1.29 is 37.3 Å². The number of fused-ring (bicyclic) bond motifs is 1. The van der Waals surface area contributed by atoms with Crippen LogP contribution in [0, 0.1) is 0 Å². The largest absolute Gasteiger partial charge is 0.494 e. The van der Waals surface area contributed by atoms with Crippen LogP contribution in [0.15, 0.2) is 61.6 Å². The van der Waals surface area contributed by atoms with E-state index in [2.05, 4.69) is 32.3 Å². The molecular weight excluding hydrogens is 595 g/mol. The number of alkyl halides is 3. The molecule has 3 aromatic heterocycles. The van der Waals surface area contributed by atoms with E-state index in [-0.39, 0.29) is 17.4 Å². The third-order valence-electron chi connectivity index (χ3n) is 6.07. The summed E-state index contributed by atoms with van der Waals surface area (Å²) in [6.45, 7) is 3.84. The Labute approximate surface area is 247 Å². The molecule has 0 bridgehead atoms. The Bertz CT molecular complexity index is 1670. The second-order valence-electron chi connectivity index (χ2n) is 9.30. The normalized spacial score (nSPS) is 13.3. The first-order valence-electron chi connectivity index (χ1n) is 12.4. The molecule has 226 valence electrons. The number of pyridine rings is 1. The number of aliphatic carboxylic acids is 1. The zero-order valence-electron chi connectivity index (χ0n) is 22.5. The highest BCUT2D eigenvalue weighted by Crippen LogP contribution is 2.40. The van der Waals surface area contributed by atoms with Crippen molar-refractivity contribution >= 4 is 46.3 Å². The minimum atomic E-state index is -5.08. The number of nitrogens with two attached hydrogens (primary N) is 1. The smallest absolute Gasteiger partial charge is 0.490 e. The second kappa shape index (κ2) is 12.5. The number of benzene rings is 1. The molecule has 1 aliphatic carbocycles. The van der Waals surface area contributed by atoms with Gasteiger partial charge < -0.3 is 30.9 Å². The molecule has 5 rings (SSSR count). The van der Waals surface area contributed by atoms with Crippen molar-refractivity contribution in [1.29, 1.82) is 0 Å². The Morgan fingerprint density at radius 1 is 1.23 bits per heavy atom. The maximum atomic E-state index is 12.1. The van der Waals surface area contributed by atoms with Gasteiger partial charge >= 0.3 is 12.1 Å². The lowest BCUT2D eigenvalue weighted by Crippen LogP contribution is -2.30. The maximum Gasteiger partial charge on any atom is 0.490 e. The summed E-state index contributed by atoms with van der Waals surface area (Å²) in [6.07, 6.45) is 2.93. The third kappa shape index (κ3) is 7.69. The highest BCUT2D eigenvalue weighted by Gasteiger charge is 2.39. The highest BCUT2D eigenvalue weighted by molar-refractivity contribution is 6.33. The predicted molar refractivity (Wildman–Crippen MR) is 152 cm³/mol. The van der Waals surface area contributed by atoms with E-state index in [1.54, 1.807) is 22.8 Å². The number of halogens is 4. The third-order valence-corrected chi connectivity index (χ3v) is 6.34. The van der Waals surface area contributed by atoms with Crippen LogP contribution in [0.4, 0.5) is 30.5 Å². The molecule has 5 N–H and O–H groups in total. The highest BCUT2D eigenvalue weighted by atomic mass is 35.5. The standard InChI is InChI=1S/C25H24ClN7O3.C2HF3O2/c1-3-22(34)30-18-10-17(20(35-2)11-21(18)36-14-25(27)7-8-25)31-24-28-13-16(26)23(32-24)15-12-29-33-9-5-4-6-19(15)33;3-2(4,5)1(6)7/h3-6,9-13H,1,7-8,14,27H2,2H3,(H,30,34)(H,28,31,32);(H,6,7). The Balaban J connectivity index is 0.000000541. The number of nitrogens with zero attached hydrogens (tertiary/aromatic N) is 4.